The summed E-state index contributed by atoms with van der Waals surface area (Å²) in [6.45, 7) is 2.26. The molecular weight excluding hydrogens is 454 g/mol. The zero-order valence-electron chi connectivity index (χ0n) is 13.4. The first kappa shape index (κ1) is 21.8. The Bertz CT molecular complexity index is 552. The molecule has 2 rings (SSSR count). The number of ether oxygens (including phenoxy) is 3. The predicted octanol–water partition coefficient (Wildman–Crippen LogP) is 3.13. The van der Waals surface area contributed by atoms with Crippen molar-refractivity contribution in [1.29, 1.82) is 0 Å². The lowest BCUT2D eigenvalue weighted by atomic mass is 10.3. The summed E-state index contributed by atoms with van der Waals surface area (Å²) < 4.78 is 51.7. The minimum Gasteiger partial charge on any atom is -0.404 e. The number of rotatable bonds is 7. The highest BCUT2D eigenvalue weighted by Crippen LogP contribution is 2.29. The number of para-hydroxylation sites is 2. The fraction of sp³-hybridized carbons (Fsp3) is 0.533. The second-order valence-electron chi connectivity index (χ2n) is 5.15. The maximum atomic E-state index is 12.3. The van der Waals surface area contributed by atoms with Crippen LogP contribution in [0.3, 0.4) is 0 Å². The molecule has 0 radical (unpaired) electrons. The molecule has 0 amide bonds. The van der Waals surface area contributed by atoms with Crippen LogP contribution in [0.1, 0.15) is 12.8 Å². The van der Waals surface area contributed by atoms with Gasteiger partial charge in [0, 0.05) is 19.8 Å². The number of alkyl halides is 3. The van der Waals surface area contributed by atoms with E-state index >= 15 is 0 Å². The third-order valence-corrected chi connectivity index (χ3v) is 3.20. The molecule has 1 saturated heterocycles. The molecule has 1 fully saturated rings. The predicted molar refractivity (Wildman–Crippen MR) is 98.4 cm³/mol. The summed E-state index contributed by atoms with van der Waals surface area (Å²) >= 11 is 0. The van der Waals surface area contributed by atoms with Crippen LogP contribution in [-0.4, -0.2) is 44.8 Å². The van der Waals surface area contributed by atoms with Gasteiger partial charge in [0.1, 0.15) is 0 Å². The molecule has 3 N–H and O–H groups in total. The molecular formula is C15H21F3IN3O3. The number of aliphatic imine (C=N–C) groups is 1. The van der Waals surface area contributed by atoms with E-state index in [4.69, 9.17) is 15.2 Å². The number of guanidine groups is 1. The van der Waals surface area contributed by atoms with Gasteiger partial charge in [0.2, 0.25) is 0 Å². The first-order chi connectivity index (χ1) is 11.4. The molecule has 25 heavy (non-hydrogen) atoms. The number of nitrogens with zero attached hydrogens (tertiary/aromatic N) is 1. The van der Waals surface area contributed by atoms with E-state index in [1.807, 2.05) is 0 Å². The lowest BCUT2D eigenvalue weighted by Gasteiger charge is -2.14. The van der Waals surface area contributed by atoms with Crippen LogP contribution >= 0.6 is 24.0 Å². The van der Waals surface area contributed by atoms with Gasteiger partial charge in [0.25, 0.3) is 0 Å². The van der Waals surface area contributed by atoms with Gasteiger partial charge in [-0.05, 0) is 25.0 Å². The lowest BCUT2D eigenvalue weighted by molar-refractivity contribution is -0.274. The summed E-state index contributed by atoms with van der Waals surface area (Å²) in [5.74, 6) is -0.356. The highest BCUT2D eigenvalue weighted by Gasteiger charge is 2.32. The van der Waals surface area contributed by atoms with Gasteiger partial charge in [-0.1, -0.05) is 12.1 Å². The van der Waals surface area contributed by atoms with Crippen LogP contribution in [0.5, 0.6) is 5.75 Å². The zero-order valence-corrected chi connectivity index (χ0v) is 15.8. The number of hydrogen-bond donors (Lipinski definition) is 2. The van der Waals surface area contributed by atoms with Gasteiger partial charge in [0.05, 0.1) is 18.4 Å². The fourth-order valence-corrected chi connectivity index (χ4v) is 2.12. The Kier molecular flexibility index (Phi) is 9.28. The largest absolute Gasteiger partial charge is 0.573 e. The Balaban J connectivity index is 0.00000312. The second-order valence-corrected chi connectivity index (χ2v) is 5.15. The first-order valence-corrected chi connectivity index (χ1v) is 7.55. The minimum atomic E-state index is -4.77. The Morgan fingerprint density at radius 1 is 1.36 bits per heavy atom. The number of nitrogens with two attached hydrogens (primary N) is 1. The number of anilines is 1. The molecule has 6 nitrogen and oxygen atoms in total. The Labute approximate surface area is 160 Å². The van der Waals surface area contributed by atoms with Crippen LogP contribution < -0.4 is 15.8 Å². The fourth-order valence-electron chi connectivity index (χ4n) is 2.12. The van der Waals surface area contributed by atoms with Crippen LogP contribution in [0.4, 0.5) is 18.9 Å². The van der Waals surface area contributed by atoms with Gasteiger partial charge < -0.3 is 25.3 Å². The first-order valence-electron chi connectivity index (χ1n) is 7.55. The second kappa shape index (κ2) is 10.7. The summed E-state index contributed by atoms with van der Waals surface area (Å²) in [6.07, 6.45) is -3.09. The number of benzene rings is 1. The van der Waals surface area contributed by atoms with E-state index in [0.717, 1.165) is 13.0 Å². The standard InChI is InChI=1S/C15H20F3N3O3.HI/c16-15(17,18)24-13-5-2-1-4-12(13)21-14(19)20-7-3-8-23-11-6-9-22-10-11;/h1-2,4-5,11H,3,6-10H2,(H3,19,20,21);1H. The molecule has 1 aliphatic heterocycles. The van der Waals surface area contributed by atoms with Crippen molar-refractivity contribution in [3.05, 3.63) is 24.3 Å². The Morgan fingerprint density at radius 3 is 2.80 bits per heavy atom. The minimum absolute atomic E-state index is 0. The summed E-state index contributed by atoms with van der Waals surface area (Å²) in [4.78, 5) is 4.06. The van der Waals surface area contributed by atoms with Crippen molar-refractivity contribution in [1.82, 2.24) is 0 Å². The Morgan fingerprint density at radius 2 is 2.12 bits per heavy atom. The highest BCUT2D eigenvalue weighted by atomic mass is 127. The normalized spacial score (nSPS) is 17.9. The van der Waals surface area contributed by atoms with E-state index in [0.29, 0.717) is 26.2 Å². The Hall–Kier alpha value is -1.27. The van der Waals surface area contributed by atoms with Crippen molar-refractivity contribution in [2.75, 3.05) is 31.7 Å². The monoisotopic (exact) mass is 475 g/mol. The van der Waals surface area contributed by atoms with Crippen LogP contribution in [0.15, 0.2) is 29.3 Å². The van der Waals surface area contributed by atoms with E-state index in [-0.39, 0.29) is 47.5 Å². The molecule has 1 aliphatic rings. The van der Waals surface area contributed by atoms with E-state index < -0.39 is 6.36 Å². The number of hydrogen-bond acceptors (Lipinski definition) is 4. The van der Waals surface area contributed by atoms with Crippen molar-refractivity contribution in [2.45, 2.75) is 25.3 Å². The molecule has 10 heteroatoms. The van der Waals surface area contributed by atoms with E-state index in [9.17, 15) is 13.2 Å². The molecule has 0 spiro atoms. The molecule has 0 saturated carbocycles. The number of halogens is 4. The van der Waals surface area contributed by atoms with E-state index in [1.54, 1.807) is 6.07 Å². The quantitative estimate of drug-likeness (QED) is 0.274. The topological polar surface area (TPSA) is 78.1 Å². The molecule has 142 valence electrons. The van der Waals surface area contributed by atoms with Crippen molar-refractivity contribution in [2.24, 2.45) is 10.7 Å². The average molecular weight is 475 g/mol. The van der Waals surface area contributed by atoms with Crippen molar-refractivity contribution in [3.63, 3.8) is 0 Å². The van der Waals surface area contributed by atoms with Gasteiger partial charge in [-0.2, -0.15) is 0 Å². The van der Waals surface area contributed by atoms with Crippen molar-refractivity contribution < 1.29 is 27.4 Å². The van der Waals surface area contributed by atoms with Crippen LogP contribution in [0, 0.1) is 0 Å². The van der Waals surface area contributed by atoms with Gasteiger partial charge in [0.15, 0.2) is 11.7 Å². The molecule has 1 atom stereocenters. The van der Waals surface area contributed by atoms with Gasteiger partial charge in [-0.3, -0.25) is 4.99 Å². The summed E-state index contributed by atoms with van der Waals surface area (Å²) in [5.41, 5.74) is 5.78. The molecule has 1 heterocycles. The molecule has 0 aromatic heterocycles. The zero-order chi connectivity index (χ0) is 17.4. The SMILES string of the molecule is I.NC(=NCCCOC1CCOC1)Nc1ccccc1OC(F)(F)F. The highest BCUT2D eigenvalue weighted by molar-refractivity contribution is 14.0. The molecule has 1 aromatic carbocycles. The smallest absolute Gasteiger partial charge is 0.404 e. The third kappa shape index (κ3) is 8.59. The molecule has 0 aliphatic carbocycles. The van der Waals surface area contributed by atoms with Crippen LogP contribution in [0.25, 0.3) is 0 Å². The van der Waals surface area contributed by atoms with Crippen molar-refractivity contribution in [3.8, 4) is 5.75 Å². The van der Waals surface area contributed by atoms with Crippen LogP contribution in [0.2, 0.25) is 0 Å². The molecule has 1 aromatic rings. The molecule has 1 unspecified atom stereocenters. The summed E-state index contributed by atoms with van der Waals surface area (Å²) in [7, 11) is 0. The van der Waals surface area contributed by atoms with E-state index in [2.05, 4.69) is 15.0 Å². The van der Waals surface area contributed by atoms with Gasteiger partial charge >= 0.3 is 6.36 Å². The molecule has 0 bridgehead atoms. The lowest BCUT2D eigenvalue weighted by Crippen LogP contribution is -2.25. The van der Waals surface area contributed by atoms with Crippen LogP contribution in [-0.2, 0) is 9.47 Å². The summed E-state index contributed by atoms with van der Waals surface area (Å²) in [6, 6.07) is 5.62. The van der Waals surface area contributed by atoms with Gasteiger partial charge in [-0.15, -0.1) is 37.1 Å². The maximum Gasteiger partial charge on any atom is 0.573 e. The maximum absolute atomic E-state index is 12.3. The average Bonchev–Trinajstić information content (AvgIpc) is 3.01. The van der Waals surface area contributed by atoms with Gasteiger partial charge in [-0.25, -0.2) is 0 Å². The third-order valence-electron chi connectivity index (χ3n) is 3.20. The van der Waals surface area contributed by atoms with E-state index in [1.165, 1.54) is 18.2 Å². The van der Waals surface area contributed by atoms with Crippen molar-refractivity contribution >= 4 is 35.6 Å². The number of nitrogens with one attached hydrogen (secondary N) is 1. The summed E-state index contributed by atoms with van der Waals surface area (Å²) in [5, 5.41) is 2.61.